The van der Waals surface area contributed by atoms with Gasteiger partial charge in [-0.2, -0.15) is 5.26 Å². The highest BCUT2D eigenvalue weighted by atomic mass is 32.2. The molecule has 4 rings (SSSR count). The van der Waals surface area contributed by atoms with Gasteiger partial charge in [0.2, 0.25) is 0 Å². The fraction of sp³-hybridized carbons (Fsp3) is 0.333. The number of hydrogen-bond acceptors (Lipinski definition) is 4. The highest BCUT2D eigenvalue weighted by Crippen LogP contribution is 2.44. The van der Waals surface area contributed by atoms with E-state index in [9.17, 15) is 22.7 Å². The standard InChI is InChI=1S/C24H23FN2O4S/c1-14(16-8-6-15(13-26)7-9-16)27-23-17(10-22(28)29)4-3-5-19(23)20-11-18(25)12-21(24(20)27)32(2,30)31/h6-9,11-12,14,17H,3-5,10H2,1-2H3,(H,28,29)/t14-,17?/m0/s1. The van der Waals surface area contributed by atoms with E-state index < -0.39 is 21.6 Å². The maximum atomic E-state index is 14.5. The lowest BCUT2D eigenvalue weighted by atomic mass is 9.84. The van der Waals surface area contributed by atoms with E-state index in [2.05, 4.69) is 6.07 Å². The Morgan fingerprint density at radius 2 is 2.00 bits per heavy atom. The molecule has 0 spiro atoms. The normalized spacial score (nSPS) is 17.0. The highest BCUT2D eigenvalue weighted by molar-refractivity contribution is 7.91. The summed E-state index contributed by atoms with van der Waals surface area (Å²) in [6, 6.07) is 11.1. The second-order valence-corrected chi connectivity index (χ2v) is 10.4. The van der Waals surface area contributed by atoms with Gasteiger partial charge in [0.15, 0.2) is 9.84 Å². The van der Waals surface area contributed by atoms with Crippen LogP contribution in [0.5, 0.6) is 0 Å². The third-order valence-corrected chi connectivity index (χ3v) is 7.38. The van der Waals surface area contributed by atoms with Crippen LogP contribution in [0.25, 0.3) is 10.9 Å². The molecule has 1 N–H and O–H groups in total. The fourth-order valence-corrected chi connectivity index (χ4v) is 5.79. The van der Waals surface area contributed by atoms with Crippen LogP contribution in [0, 0.1) is 17.1 Å². The van der Waals surface area contributed by atoms with Gasteiger partial charge in [-0.15, -0.1) is 0 Å². The number of aromatic nitrogens is 1. The number of carbonyl (C=O) groups is 1. The molecule has 2 aromatic carbocycles. The summed E-state index contributed by atoms with van der Waals surface area (Å²) in [6.45, 7) is 1.91. The summed E-state index contributed by atoms with van der Waals surface area (Å²) >= 11 is 0. The van der Waals surface area contributed by atoms with Crippen LogP contribution in [-0.2, 0) is 21.1 Å². The van der Waals surface area contributed by atoms with Crippen molar-refractivity contribution in [2.24, 2.45) is 0 Å². The largest absolute Gasteiger partial charge is 0.481 e. The minimum absolute atomic E-state index is 0.0832. The average molecular weight is 455 g/mol. The molecule has 1 aliphatic rings. The summed E-state index contributed by atoms with van der Waals surface area (Å²) in [7, 11) is -3.76. The second kappa shape index (κ2) is 8.06. The zero-order chi connectivity index (χ0) is 23.2. The maximum Gasteiger partial charge on any atom is 0.304 e. The molecule has 0 saturated heterocycles. The van der Waals surface area contributed by atoms with Gasteiger partial charge >= 0.3 is 5.97 Å². The SMILES string of the molecule is C[C@@H](c1ccc(C#N)cc1)n1c2c(c3cc(F)cc(S(C)(=O)=O)c31)CCCC2CC(=O)O. The van der Waals surface area contributed by atoms with Gasteiger partial charge in [-0.3, -0.25) is 4.79 Å². The summed E-state index contributed by atoms with van der Waals surface area (Å²) in [4.78, 5) is 11.5. The van der Waals surface area contributed by atoms with Gasteiger partial charge < -0.3 is 9.67 Å². The molecule has 6 nitrogen and oxygen atoms in total. The van der Waals surface area contributed by atoms with Gasteiger partial charge in [0.1, 0.15) is 5.82 Å². The topological polar surface area (TPSA) is 100 Å². The van der Waals surface area contributed by atoms with Crippen molar-refractivity contribution in [3.8, 4) is 6.07 Å². The summed E-state index contributed by atoms with van der Waals surface area (Å²) in [5.41, 5.74) is 3.34. The molecule has 0 bridgehead atoms. The van der Waals surface area contributed by atoms with Gasteiger partial charge in [0.25, 0.3) is 0 Å². The van der Waals surface area contributed by atoms with Crippen LogP contribution in [0.1, 0.15) is 60.5 Å². The Morgan fingerprint density at radius 1 is 1.31 bits per heavy atom. The minimum atomic E-state index is -3.76. The Labute approximate surface area is 185 Å². The molecule has 8 heteroatoms. The lowest BCUT2D eigenvalue weighted by Gasteiger charge is -2.28. The number of rotatable bonds is 5. The molecule has 1 unspecified atom stereocenters. The quantitative estimate of drug-likeness (QED) is 0.609. The smallest absolute Gasteiger partial charge is 0.304 e. The molecule has 3 aromatic rings. The first-order valence-corrected chi connectivity index (χ1v) is 12.3. The molecule has 1 heterocycles. The molecule has 32 heavy (non-hydrogen) atoms. The van der Waals surface area contributed by atoms with Gasteiger partial charge in [-0.1, -0.05) is 12.1 Å². The average Bonchev–Trinajstić information content (AvgIpc) is 3.07. The summed E-state index contributed by atoms with van der Waals surface area (Å²) < 4.78 is 41.7. The number of sulfone groups is 1. The fourth-order valence-electron chi connectivity index (χ4n) is 4.90. The van der Waals surface area contributed by atoms with Crippen molar-refractivity contribution in [3.63, 3.8) is 0 Å². The van der Waals surface area contributed by atoms with Crippen molar-refractivity contribution in [2.75, 3.05) is 6.26 Å². The summed E-state index contributed by atoms with van der Waals surface area (Å²) in [5, 5.41) is 19.1. The first kappa shape index (κ1) is 22.0. The first-order valence-electron chi connectivity index (χ1n) is 10.4. The Hall–Kier alpha value is -3.18. The van der Waals surface area contributed by atoms with Crippen LogP contribution in [0.3, 0.4) is 0 Å². The molecule has 0 saturated carbocycles. The molecule has 1 aromatic heterocycles. The first-order chi connectivity index (χ1) is 15.1. The van der Waals surface area contributed by atoms with E-state index in [0.29, 0.717) is 29.3 Å². The van der Waals surface area contributed by atoms with Crippen molar-refractivity contribution in [1.82, 2.24) is 4.57 Å². The van der Waals surface area contributed by atoms with Crippen molar-refractivity contribution >= 4 is 26.7 Å². The van der Waals surface area contributed by atoms with E-state index in [1.54, 1.807) is 24.3 Å². The Morgan fingerprint density at radius 3 is 2.59 bits per heavy atom. The van der Waals surface area contributed by atoms with E-state index in [1.165, 1.54) is 6.07 Å². The molecule has 0 fully saturated rings. The van der Waals surface area contributed by atoms with Crippen LogP contribution >= 0.6 is 0 Å². The van der Waals surface area contributed by atoms with Crippen molar-refractivity contribution in [2.45, 2.75) is 49.5 Å². The second-order valence-electron chi connectivity index (χ2n) is 8.40. The third kappa shape index (κ3) is 3.78. The number of carboxylic acids is 1. The molecular formula is C24H23FN2O4S. The zero-order valence-electron chi connectivity index (χ0n) is 17.8. The van der Waals surface area contributed by atoms with Gasteiger partial charge in [-0.05, 0) is 61.6 Å². The van der Waals surface area contributed by atoms with Gasteiger partial charge in [0.05, 0.1) is 34.5 Å². The molecule has 166 valence electrons. The Bertz CT molecular complexity index is 1370. The molecule has 0 amide bonds. The highest BCUT2D eigenvalue weighted by Gasteiger charge is 2.33. The molecule has 1 aliphatic carbocycles. The lowest BCUT2D eigenvalue weighted by molar-refractivity contribution is -0.137. The molecule has 0 radical (unpaired) electrons. The van der Waals surface area contributed by atoms with Crippen LogP contribution < -0.4 is 0 Å². The number of benzene rings is 2. The number of fused-ring (bicyclic) bond motifs is 3. The van der Waals surface area contributed by atoms with E-state index in [-0.39, 0.29) is 23.3 Å². The van der Waals surface area contributed by atoms with Crippen molar-refractivity contribution < 1.29 is 22.7 Å². The van der Waals surface area contributed by atoms with Crippen LogP contribution in [0.2, 0.25) is 0 Å². The summed E-state index contributed by atoms with van der Waals surface area (Å²) in [6.07, 6.45) is 3.01. The number of nitrogens with zero attached hydrogens (tertiary/aromatic N) is 2. The van der Waals surface area contributed by atoms with Crippen molar-refractivity contribution in [1.29, 1.82) is 5.26 Å². The molecule has 2 atom stereocenters. The Kier molecular flexibility index (Phi) is 5.55. The summed E-state index contributed by atoms with van der Waals surface area (Å²) in [5.74, 6) is -1.87. The van der Waals surface area contributed by atoms with Crippen LogP contribution in [0.4, 0.5) is 4.39 Å². The number of halogens is 1. The lowest BCUT2D eigenvalue weighted by Crippen LogP contribution is -2.20. The van der Waals surface area contributed by atoms with E-state index >= 15 is 0 Å². The van der Waals surface area contributed by atoms with Crippen LogP contribution in [0.15, 0.2) is 41.3 Å². The monoisotopic (exact) mass is 454 g/mol. The van der Waals surface area contributed by atoms with Gasteiger partial charge in [0, 0.05) is 23.3 Å². The number of aliphatic carboxylic acids is 1. The molecule has 0 aliphatic heterocycles. The number of carboxylic acid groups (broad SMARTS) is 1. The maximum absolute atomic E-state index is 14.5. The predicted octanol–water partition coefficient (Wildman–Crippen LogP) is 4.56. The van der Waals surface area contributed by atoms with E-state index in [1.807, 2.05) is 11.5 Å². The number of aryl methyl sites for hydroxylation is 1. The Balaban J connectivity index is 2.09. The third-order valence-electron chi connectivity index (χ3n) is 6.27. The van der Waals surface area contributed by atoms with Gasteiger partial charge in [-0.25, -0.2) is 12.8 Å². The van der Waals surface area contributed by atoms with Crippen LogP contribution in [-0.4, -0.2) is 30.3 Å². The zero-order valence-corrected chi connectivity index (χ0v) is 18.6. The van der Waals surface area contributed by atoms with Crippen molar-refractivity contribution in [3.05, 3.63) is 64.6 Å². The van der Waals surface area contributed by atoms with E-state index in [4.69, 9.17) is 5.26 Å². The molecular weight excluding hydrogens is 431 g/mol. The predicted molar refractivity (Wildman–Crippen MR) is 118 cm³/mol. The minimum Gasteiger partial charge on any atom is -0.481 e. The van der Waals surface area contributed by atoms with E-state index in [0.717, 1.165) is 35.6 Å². The number of hydrogen-bond donors (Lipinski definition) is 1. The number of nitriles is 1.